The Labute approximate surface area is 187 Å². The molecule has 6 nitrogen and oxygen atoms in total. The summed E-state index contributed by atoms with van der Waals surface area (Å²) >= 11 is 6.47. The van der Waals surface area contributed by atoms with Crippen molar-refractivity contribution in [3.63, 3.8) is 0 Å². The second-order valence-electron chi connectivity index (χ2n) is 7.50. The highest BCUT2D eigenvalue weighted by molar-refractivity contribution is 6.34. The number of fused-ring (bicyclic) bond motifs is 1. The van der Waals surface area contributed by atoms with Crippen molar-refractivity contribution in [2.45, 2.75) is 6.42 Å². The van der Waals surface area contributed by atoms with Gasteiger partial charge in [0.1, 0.15) is 28.9 Å². The van der Waals surface area contributed by atoms with Crippen LogP contribution in [0.4, 0.5) is 0 Å². The summed E-state index contributed by atoms with van der Waals surface area (Å²) in [6.07, 6.45) is 4.52. The number of rotatable bonds is 8. The summed E-state index contributed by atoms with van der Waals surface area (Å²) in [6, 6.07) is 15.9. The summed E-state index contributed by atoms with van der Waals surface area (Å²) < 4.78 is 13.1. The van der Waals surface area contributed by atoms with E-state index in [1.165, 1.54) is 6.33 Å². The molecule has 0 atom stereocenters. The first kappa shape index (κ1) is 21.2. The SMILES string of the molecule is COc1ccc(-n2cc(-c3ccc(OCCCN(C)C)cc3)c3ncnc(Cl)c32)cc1. The molecule has 2 aromatic heterocycles. The predicted molar refractivity (Wildman–Crippen MR) is 125 cm³/mol. The van der Waals surface area contributed by atoms with Crippen LogP contribution in [-0.4, -0.2) is 53.8 Å². The van der Waals surface area contributed by atoms with Crippen LogP contribution in [0.1, 0.15) is 6.42 Å². The number of nitrogens with zero attached hydrogens (tertiary/aromatic N) is 4. The van der Waals surface area contributed by atoms with Crippen molar-refractivity contribution in [2.75, 3.05) is 34.4 Å². The molecule has 4 rings (SSSR count). The minimum absolute atomic E-state index is 0.410. The van der Waals surface area contributed by atoms with E-state index in [4.69, 9.17) is 21.1 Å². The smallest absolute Gasteiger partial charge is 0.157 e. The molecule has 0 saturated heterocycles. The lowest BCUT2D eigenvalue weighted by molar-refractivity contribution is 0.281. The maximum atomic E-state index is 6.47. The third-order valence-corrected chi connectivity index (χ3v) is 5.34. The molecule has 0 aliphatic carbocycles. The summed E-state index contributed by atoms with van der Waals surface area (Å²) in [7, 11) is 5.78. The molecule has 0 amide bonds. The van der Waals surface area contributed by atoms with E-state index in [-0.39, 0.29) is 0 Å². The molecule has 7 heteroatoms. The molecule has 0 aliphatic heterocycles. The molecule has 31 heavy (non-hydrogen) atoms. The van der Waals surface area contributed by atoms with Crippen molar-refractivity contribution in [1.29, 1.82) is 0 Å². The summed E-state index contributed by atoms with van der Waals surface area (Å²) in [4.78, 5) is 10.9. The van der Waals surface area contributed by atoms with Crippen LogP contribution in [-0.2, 0) is 0 Å². The summed E-state index contributed by atoms with van der Waals surface area (Å²) in [5.41, 5.74) is 4.54. The average Bonchev–Trinajstić information content (AvgIpc) is 3.18. The van der Waals surface area contributed by atoms with Crippen molar-refractivity contribution < 1.29 is 9.47 Å². The highest BCUT2D eigenvalue weighted by atomic mass is 35.5. The van der Waals surface area contributed by atoms with Gasteiger partial charge in [0.15, 0.2) is 5.15 Å². The molecule has 0 N–H and O–H groups in total. The molecule has 0 spiro atoms. The Hall–Kier alpha value is -3.09. The van der Waals surface area contributed by atoms with Gasteiger partial charge in [-0.3, -0.25) is 0 Å². The minimum Gasteiger partial charge on any atom is -0.497 e. The van der Waals surface area contributed by atoms with Crippen molar-refractivity contribution >= 4 is 22.6 Å². The van der Waals surface area contributed by atoms with Crippen LogP contribution < -0.4 is 9.47 Å². The normalized spacial score (nSPS) is 11.3. The van der Waals surface area contributed by atoms with Gasteiger partial charge in [0, 0.05) is 24.0 Å². The molecule has 160 valence electrons. The lowest BCUT2D eigenvalue weighted by atomic mass is 10.1. The van der Waals surface area contributed by atoms with Crippen LogP contribution >= 0.6 is 11.6 Å². The maximum Gasteiger partial charge on any atom is 0.157 e. The first-order valence-electron chi connectivity index (χ1n) is 10.1. The third-order valence-electron chi connectivity index (χ3n) is 5.07. The van der Waals surface area contributed by atoms with Crippen LogP contribution in [0.15, 0.2) is 61.1 Å². The number of methoxy groups -OCH3 is 1. The Morgan fingerprint density at radius 1 is 0.968 bits per heavy atom. The Bertz CT molecular complexity index is 1150. The van der Waals surface area contributed by atoms with Gasteiger partial charge in [-0.05, 0) is 62.5 Å². The average molecular weight is 437 g/mol. The van der Waals surface area contributed by atoms with Crippen LogP contribution in [0, 0.1) is 0 Å². The molecule has 2 aromatic carbocycles. The Kier molecular flexibility index (Phi) is 6.39. The molecular weight excluding hydrogens is 412 g/mol. The Morgan fingerprint density at radius 3 is 2.35 bits per heavy atom. The van der Waals surface area contributed by atoms with E-state index in [9.17, 15) is 0 Å². The maximum absolute atomic E-state index is 6.47. The van der Waals surface area contributed by atoms with E-state index >= 15 is 0 Å². The van der Waals surface area contributed by atoms with Crippen molar-refractivity contribution in [3.05, 3.63) is 66.2 Å². The Morgan fingerprint density at radius 2 is 1.68 bits per heavy atom. The molecule has 0 saturated carbocycles. The van der Waals surface area contributed by atoms with Gasteiger partial charge < -0.3 is 18.9 Å². The molecule has 0 bridgehead atoms. The minimum atomic E-state index is 0.410. The fraction of sp³-hybridized carbons (Fsp3) is 0.250. The highest BCUT2D eigenvalue weighted by Crippen LogP contribution is 2.35. The quantitative estimate of drug-likeness (QED) is 0.285. The lowest BCUT2D eigenvalue weighted by Gasteiger charge is -2.10. The van der Waals surface area contributed by atoms with E-state index in [2.05, 4.69) is 29.0 Å². The molecular formula is C24H25ClN4O2. The van der Waals surface area contributed by atoms with E-state index in [0.717, 1.165) is 52.3 Å². The van der Waals surface area contributed by atoms with Gasteiger partial charge in [0.2, 0.25) is 0 Å². The van der Waals surface area contributed by atoms with Crippen LogP contribution in [0.2, 0.25) is 5.15 Å². The number of halogens is 1. The molecule has 0 aliphatic rings. The van der Waals surface area contributed by atoms with Gasteiger partial charge in [0.25, 0.3) is 0 Å². The highest BCUT2D eigenvalue weighted by Gasteiger charge is 2.16. The van der Waals surface area contributed by atoms with Gasteiger partial charge in [-0.25, -0.2) is 9.97 Å². The van der Waals surface area contributed by atoms with Crippen LogP contribution in [0.25, 0.3) is 27.8 Å². The fourth-order valence-electron chi connectivity index (χ4n) is 3.48. The van der Waals surface area contributed by atoms with E-state index in [1.54, 1.807) is 7.11 Å². The Balaban J connectivity index is 1.66. The predicted octanol–water partition coefficient (Wildman–Crippen LogP) is 5.08. The second-order valence-corrected chi connectivity index (χ2v) is 7.86. The van der Waals surface area contributed by atoms with E-state index in [0.29, 0.717) is 11.8 Å². The topological polar surface area (TPSA) is 52.4 Å². The summed E-state index contributed by atoms with van der Waals surface area (Å²) in [5, 5.41) is 0.410. The van der Waals surface area contributed by atoms with Gasteiger partial charge in [-0.2, -0.15) is 0 Å². The van der Waals surface area contributed by atoms with Crippen molar-refractivity contribution in [1.82, 2.24) is 19.4 Å². The fourth-order valence-corrected chi connectivity index (χ4v) is 3.71. The van der Waals surface area contributed by atoms with Gasteiger partial charge >= 0.3 is 0 Å². The summed E-state index contributed by atoms with van der Waals surface area (Å²) in [6.45, 7) is 1.69. The molecule has 2 heterocycles. The summed E-state index contributed by atoms with van der Waals surface area (Å²) in [5.74, 6) is 1.65. The van der Waals surface area contributed by atoms with E-state index < -0.39 is 0 Å². The van der Waals surface area contributed by atoms with Crippen molar-refractivity contribution in [3.8, 4) is 28.3 Å². The molecule has 0 fully saturated rings. The van der Waals surface area contributed by atoms with Gasteiger partial charge in [-0.15, -0.1) is 0 Å². The van der Waals surface area contributed by atoms with E-state index in [1.807, 2.05) is 59.3 Å². The zero-order chi connectivity index (χ0) is 21.8. The van der Waals surface area contributed by atoms with Crippen molar-refractivity contribution in [2.24, 2.45) is 0 Å². The monoisotopic (exact) mass is 436 g/mol. The molecule has 0 unspecified atom stereocenters. The lowest BCUT2D eigenvalue weighted by Crippen LogP contribution is -2.15. The zero-order valence-electron chi connectivity index (χ0n) is 17.9. The molecule has 4 aromatic rings. The second kappa shape index (κ2) is 9.37. The number of ether oxygens (including phenoxy) is 2. The zero-order valence-corrected chi connectivity index (χ0v) is 18.6. The standard InChI is InChI=1S/C24H25ClN4O2/c1-28(2)13-4-14-31-20-9-5-17(6-10-20)21-15-29(18-7-11-19(30-3)12-8-18)23-22(21)26-16-27-24(23)25/h5-12,15-16H,4,13-14H2,1-3H3. The number of hydrogen-bond donors (Lipinski definition) is 0. The van der Waals surface area contributed by atoms with Gasteiger partial charge in [-0.1, -0.05) is 23.7 Å². The number of benzene rings is 2. The third kappa shape index (κ3) is 4.65. The first-order valence-corrected chi connectivity index (χ1v) is 10.5. The van der Waals surface area contributed by atoms with Crippen LogP contribution in [0.5, 0.6) is 11.5 Å². The number of aromatic nitrogens is 3. The first-order chi connectivity index (χ1) is 15.1. The van der Waals surface area contributed by atoms with Crippen LogP contribution in [0.3, 0.4) is 0 Å². The number of hydrogen-bond acceptors (Lipinski definition) is 5. The molecule has 0 radical (unpaired) electrons. The largest absolute Gasteiger partial charge is 0.497 e. The van der Waals surface area contributed by atoms with Gasteiger partial charge in [0.05, 0.1) is 13.7 Å².